The molecule has 1 aromatic carbocycles. The van der Waals surface area contributed by atoms with E-state index < -0.39 is 0 Å². The maximum atomic E-state index is 12.8. The quantitative estimate of drug-likeness (QED) is 0.824. The largest absolute Gasteiger partial charge is 0.465 e. The molecule has 1 aliphatic carbocycles. The molecule has 2 aromatic rings. The first-order chi connectivity index (χ1) is 12.2. The summed E-state index contributed by atoms with van der Waals surface area (Å²) in [7, 11) is 1.39. The number of carbonyl (C=O) groups is 2. The Hall–Kier alpha value is -1.79. The minimum Gasteiger partial charge on any atom is -0.465 e. The summed E-state index contributed by atoms with van der Waals surface area (Å²) in [4.78, 5) is 27.4. The summed E-state index contributed by atoms with van der Waals surface area (Å²) >= 11 is 3.13. The van der Waals surface area contributed by atoms with E-state index in [1.807, 2.05) is 12.1 Å². The van der Waals surface area contributed by atoms with Gasteiger partial charge < -0.3 is 10.1 Å². The Morgan fingerprint density at radius 1 is 1.20 bits per heavy atom. The summed E-state index contributed by atoms with van der Waals surface area (Å²) in [6, 6.07) is 8.12. The number of anilines is 1. The average molecular weight is 373 g/mol. The number of nitrogens with one attached hydrogen (secondary N) is 1. The lowest BCUT2D eigenvalue weighted by Crippen LogP contribution is -2.25. The molecule has 25 heavy (non-hydrogen) atoms. The summed E-state index contributed by atoms with van der Waals surface area (Å²) in [6.07, 6.45) is 4.80. The molecule has 1 aliphatic heterocycles. The number of fused-ring (bicyclic) bond motifs is 2. The van der Waals surface area contributed by atoms with Gasteiger partial charge in [0.25, 0.3) is 0 Å². The van der Waals surface area contributed by atoms with Crippen LogP contribution in [0.25, 0.3) is 0 Å². The van der Waals surface area contributed by atoms with Crippen molar-refractivity contribution in [2.75, 3.05) is 12.4 Å². The van der Waals surface area contributed by atoms with Crippen molar-refractivity contribution in [1.29, 1.82) is 0 Å². The van der Waals surface area contributed by atoms with Gasteiger partial charge in [0.15, 0.2) is 0 Å². The van der Waals surface area contributed by atoms with E-state index in [0.29, 0.717) is 10.6 Å². The van der Waals surface area contributed by atoms with Crippen LogP contribution in [0.5, 0.6) is 0 Å². The number of hydrogen-bond donors (Lipinski definition) is 1. The maximum Gasteiger partial charge on any atom is 0.341 e. The predicted molar refractivity (Wildman–Crippen MR) is 101 cm³/mol. The Morgan fingerprint density at radius 3 is 2.80 bits per heavy atom. The van der Waals surface area contributed by atoms with E-state index in [-0.39, 0.29) is 17.1 Å². The van der Waals surface area contributed by atoms with Crippen molar-refractivity contribution in [1.82, 2.24) is 0 Å². The lowest BCUT2D eigenvalue weighted by atomic mass is 9.95. The highest BCUT2D eigenvalue weighted by molar-refractivity contribution is 8.01. The molecule has 2 aliphatic rings. The third-order valence-electron chi connectivity index (χ3n) is 4.74. The topological polar surface area (TPSA) is 55.4 Å². The Bertz CT molecular complexity index is 818. The van der Waals surface area contributed by atoms with E-state index in [1.165, 1.54) is 33.8 Å². The van der Waals surface area contributed by atoms with Crippen LogP contribution in [0.4, 0.5) is 5.00 Å². The average Bonchev–Trinajstić information content (AvgIpc) is 3.22. The molecule has 4 nitrogen and oxygen atoms in total. The number of thioether (sulfide) groups is 1. The number of amides is 1. The molecular weight excluding hydrogens is 354 g/mol. The molecule has 0 spiro atoms. The van der Waals surface area contributed by atoms with Crippen LogP contribution in [-0.4, -0.2) is 24.2 Å². The molecule has 1 amide bonds. The fourth-order valence-electron chi connectivity index (χ4n) is 3.49. The molecule has 0 saturated carbocycles. The number of rotatable bonds is 3. The SMILES string of the molecule is COC(=O)c1c(NC(=O)C2Cc3ccccc3S2)sc2c1CCCC2. The lowest BCUT2D eigenvalue weighted by molar-refractivity contribution is -0.115. The second-order valence-electron chi connectivity index (χ2n) is 6.31. The number of hydrogen-bond acceptors (Lipinski definition) is 5. The van der Waals surface area contributed by atoms with Gasteiger partial charge in [-0.3, -0.25) is 4.79 Å². The standard InChI is InChI=1S/C19H19NO3S2/c1-23-19(22)16-12-7-3-5-9-14(12)25-18(16)20-17(21)15-10-11-6-2-4-8-13(11)24-15/h2,4,6,8,15H,3,5,7,9-10H2,1H3,(H,20,21). The molecule has 1 unspecified atom stereocenters. The van der Waals surface area contributed by atoms with Gasteiger partial charge in [0, 0.05) is 9.77 Å². The van der Waals surface area contributed by atoms with Gasteiger partial charge in [0.2, 0.25) is 5.91 Å². The zero-order valence-corrected chi connectivity index (χ0v) is 15.6. The van der Waals surface area contributed by atoms with Gasteiger partial charge in [0.05, 0.1) is 17.9 Å². The van der Waals surface area contributed by atoms with Crippen LogP contribution in [0.15, 0.2) is 29.2 Å². The Labute approximate surface area is 155 Å². The van der Waals surface area contributed by atoms with Crippen LogP contribution in [-0.2, 0) is 28.8 Å². The highest BCUT2D eigenvalue weighted by atomic mass is 32.2. The third kappa shape index (κ3) is 3.09. The van der Waals surface area contributed by atoms with Gasteiger partial charge in [-0.15, -0.1) is 23.1 Å². The van der Waals surface area contributed by atoms with Crippen LogP contribution >= 0.6 is 23.1 Å². The van der Waals surface area contributed by atoms with Gasteiger partial charge in [-0.25, -0.2) is 4.79 Å². The zero-order chi connectivity index (χ0) is 17.4. The fraction of sp³-hybridized carbons (Fsp3) is 0.368. The molecule has 1 atom stereocenters. The highest BCUT2D eigenvalue weighted by Gasteiger charge is 2.31. The normalized spacial score (nSPS) is 18.4. The number of thiophene rings is 1. The Morgan fingerprint density at radius 2 is 2.00 bits per heavy atom. The summed E-state index contributed by atoms with van der Waals surface area (Å²) in [5.74, 6) is -0.387. The van der Waals surface area contributed by atoms with E-state index in [1.54, 1.807) is 11.8 Å². The lowest BCUT2D eigenvalue weighted by Gasteiger charge is -2.12. The van der Waals surface area contributed by atoms with E-state index >= 15 is 0 Å². The van der Waals surface area contributed by atoms with E-state index in [4.69, 9.17) is 4.74 Å². The molecule has 6 heteroatoms. The number of esters is 1. The number of methoxy groups -OCH3 is 1. The van der Waals surface area contributed by atoms with Crippen LogP contribution in [0.2, 0.25) is 0 Å². The van der Waals surface area contributed by atoms with Gasteiger partial charge in [-0.05, 0) is 49.3 Å². The van der Waals surface area contributed by atoms with Crippen molar-refractivity contribution in [3.05, 3.63) is 45.8 Å². The molecular formula is C19H19NO3S2. The third-order valence-corrected chi connectivity index (χ3v) is 7.26. The van der Waals surface area contributed by atoms with Gasteiger partial charge in [-0.1, -0.05) is 18.2 Å². The summed E-state index contributed by atoms with van der Waals surface area (Å²) < 4.78 is 4.97. The van der Waals surface area contributed by atoms with Gasteiger partial charge >= 0.3 is 5.97 Å². The molecule has 130 valence electrons. The van der Waals surface area contributed by atoms with Crippen LogP contribution in [0.1, 0.15) is 39.2 Å². The van der Waals surface area contributed by atoms with E-state index in [2.05, 4.69) is 17.4 Å². The molecule has 0 bridgehead atoms. The molecule has 1 aromatic heterocycles. The smallest absolute Gasteiger partial charge is 0.341 e. The van der Waals surface area contributed by atoms with Crippen molar-refractivity contribution < 1.29 is 14.3 Å². The van der Waals surface area contributed by atoms with E-state index in [0.717, 1.165) is 37.7 Å². The van der Waals surface area contributed by atoms with Crippen LogP contribution in [0.3, 0.4) is 0 Å². The fourth-order valence-corrected chi connectivity index (χ4v) is 5.97. The monoisotopic (exact) mass is 373 g/mol. The second-order valence-corrected chi connectivity index (χ2v) is 8.66. The first-order valence-electron chi connectivity index (χ1n) is 8.45. The van der Waals surface area contributed by atoms with Crippen molar-refractivity contribution in [2.45, 2.75) is 42.2 Å². The zero-order valence-electron chi connectivity index (χ0n) is 14.0. The molecule has 0 fully saturated rings. The van der Waals surface area contributed by atoms with Gasteiger partial charge in [0.1, 0.15) is 5.00 Å². The Balaban J connectivity index is 1.58. The first kappa shape index (κ1) is 16.7. The summed E-state index contributed by atoms with van der Waals surface area (Å²) in [5.41, 5.74) is 2.85. The van der Waals surface area contributed by atoms with E-state index in [9.17, 15) is 9.59 Å². The van der Waals surface area contributed by atoms with Crippen LogP contribution < -0.4 is 5.32 Å². The number of ether oxygens (including phenoxy) is 1. The number of benzene rings is 1. The number of carbonyl (C=O) groups excluding carboxylic acids is 2. The summed E-state index contributed by atoms with van der Waals surface area (Å²) in [6.45, 7) is 0. The highest BCUT2D eigenvalue weighted by Crippen LogP contribution is 2.41. The maximum absolute atomic E-state index is 12.8. The first-order valence-corrected chi connectivity index (χ1v) is 10.1. The second kappa shape index (κ2) is 6.84. The predicted octanol–water partition coefficient (Wildman–Crippen LogP) is 4.07. The minimum atomic E-state index is -0.350. The molecule has 4 rings (SSSR count). The van der Waals surface area contributed by atoms with Crippen molar-refractivity contribution in [2.24, 2.45) is 0 Å². The Kier molecular flexibility index (Phi) is 4.56. The molecule has 1 N–H and O–H groups in total. The van der Waals surface area contributed by atoms with Gasteiger partial charge in [-0.2, -0.15) is 0 Å². The molecule has 2 heterocycles. The van der Waals surface area contributed by atoms with Crippen molar-refractivity contribution in [3.63, 3.8) is 0 Å². The van der Waals surface area contributed by atoms with Crippen molar-refractivity contribution in [3.8, 4) is 0 Å². The number of aryl methyl sites for hydroxylation is 1. The summed E-state index contributed by atoms with van der Waals surface area (Å²) in [5, 5.41) is 3.52. The molecule has 0 radical (unpaired) electrons. The minimum absolute atomic E-state index is 0.0371. The van der Waals surface area contributed by atoms with Crippen molar-refractivity contribution >= 4 is 40.0 Å². The molecule has 0 saturated heterocycles. The van der Waals surface area contributed by atoms with Crippen LogP contribution in [0, 0.1) is 0 Å².